The van der Waals surface area contributed by atoms with Crippen LogP contribution in [0.15, 0.2) is 24.3 Å². The molecule has 0 atom stereocenters. The van der Waals surface area contributed by atoms with Crippen molar-refractivity contribution in [2.75, 3.05) is 11.1 Å². The van der Waals surface area contributed by atoms with Gasteiger partial charge in [-0.2, -0.15) is 0 Å². The van der Waals surface area contributed by atoms with Gasteiger partial charge in [-0.05, 0) is 19.1 Å². The zero-order valence-corrected chi connectivity index (χ0v) is 9.74. The summed E-state index contributed by atoms with van der Waals surface area (Å²) in [6.45, 7) is 2.15. The second-order valence-corrected chi connectivity index (χ2v) is 3.81. The van der Waals surface area contributed by atoms with Crippen molar-refractivity contribution in [2.24, 2.45) is 0 Å². The van der Waals surface area contributed by atoms with E-state index in [1.165, 1.54) is 0 Å². The molecule has 4 nitrogen and oxygen atoms in total. The Hall–Kier alpha value is -2.24. The molecule has 0 radical (unpaired) electrons. The average molecular weight is 250 g/mol. The molecule has 0 bridgehead atoms. The van der Waals surface area contributed by atoms with Gasteiger partial charge in [0.25, 0.3) is 0 Å². The second kappa shape index (κ2) is 4.95. The number of pyridine rings is 2. The minimum absolute atomic E-state index is 0.0859. The van der Waals surface area contributed by atoms with Crippen molar-refractivity contribution in [3.63, 3.8) is 0 Å². The van der Waals surface area contributed by atoms with Crippen molar-refractivity contribution in [3.05, 3.63) is 47.3 Å². The van der Waals surface area contributed by atoms with Crippen LogP contribution in [0, 0.1) is 18.6 Å². The maximum absolute atomic E-state index is 13.4. The van der Waals surface area contributed by atoms with Crippen LogP contribution in [0.4, 0.5) is 20.4 Å². The summed E-state index contributed by atoms with van der Waals surface area (Å²) in [6.07, 6.45) is 0. The van der Waals surface area contributed by atoms with Gasteiger partial charge in [0.15, 0.2) is 23.3 Å². The second-order valence-electron chi connectivity index (χ2n) is 3.81. The Labute approximate surface area is 103 Å². The van der Waals surface area contributed by atoms with Crippen LogP contribution in [0.5, 0.6) is 0 Å². The summed E-state index contributed by atoms with van der Waals surface area (Å²) in [5.41, 5.74) is 6.87. The molecule has 2 heterocycles. The molecule has 0 amide bonds. The molecule has 6 heteroatoms. The van der Waals surface area contributed by atoms with Crippen LogP contribution in [0.3, 0.4) is 0 Å². The van der Waals surface area contributed by atoms with Gasteiger partial charge in [0.1, 0.15) is 0 Å². The number of hydrogen-bond donors (Lipinski definition) is 2. The molecule has 0 fully saturated rings. The highest BCUT2D eigenvalue weighted by atomic mass is 19.1. The number of halogens is 2. The number of rotatable bonds is 3. The molecular formula is C12H12F2N4. The van der Waals surface area contributed by atoms with E-state index in [0.717, 1.165) is 11.4 Å². The molecule has 18 heavy (non-hydrogen) atoms. The normalized spacial score (nSPS) is 10.4. The highest BCUT2D eigenvalue weighted by Crippen LogP contribution is 2.17. The van der Waals surface area contributed by atoms with E-state index in [-0.39, 0.29) is 18.2 Å². The van der Waals surface area contributed by atoms with Gasteiger partial charge in [-0.1, -0.05) is 6.07 Å². The van der Waals surface area contributed by atoms with Gasteiger partial charge in [-0.15, -0.1) is 0 Å². The zero-order chi connectivity index (χ0) is 13.1. The lowest BCUT2D eigenvalue weighted by Gasteiger charge is -2.07. The standard InChI is InChI=1S/C12H12F2N4/c1-7-3-2-4-8(17-7)6-16-12-10(14)5-9(13)11(15)18-12/h2-5H,6H2,1H3,(H3,15,16,18). The molecule has 0 aliphatic rings. The van der Waals surface area contributed by atoms with Crippen LogP contribution in [-0.2, 0) is 6.54 Å². The van der Waals surface area contributed by atoms with Crippen LogP contribution in [0.2, 0.25) is 0 Å². The van der Waals surface area contributed by atoms with Crippen molar-refractivity contribution >= 4 is 11.6 Å². The largest absolute Gasteiger partial charge is 0.381 e. The van der Waals surface area contributed by atoms with Crippen LogP contribution in [0.25, 0.3) is 0 Å². The minimum atomic E-state index is -0.869. The SMILES string of the molecule is Cc1cccc(CNc2nc(N)c(F)cc2F)n1. The summed E-state index contributed by atoms with van der Waals surface area (Å²) in [5.74, 6) is -2.07. The molecule has 2 aromatic heterocycles. The average Bonchev–Trinajstić information content (AvgIpc) is 2.32. The highest BCUT2D eigenvalue weighted by molar-refractivity contribution is 5.45. The maximum Gasteiger partial charge on any atom is 0.168 e. The molecule has 3 N–H and O–H groups in total. The van der Waals surface area contributed by atoms with Crippen molar-refractivity contribution in [2.45, 2.75) is 13.5 Å². The Morgan fingerprint density at radius 3 is 2.72 bits per heavy atom. The number of nitrogens with two attached hydrogens (primary N) is 1. The summed E-state index contributed by atoms with van der Waals surface area (Å²) in [5, 5.41) is 2.73. The third-order valence-electron chi connectivity index (χ3n) is 2.34. The van der Waals surface area contributed by atoms with E-state index in [1.807, 2.05) is 19.1 Å². The van der Waals surface area contributed by atoms with Crippen LogP contribution in [0.1, 0.15) is 11.4 Å². The number of aryl methyl sites for hydroxylation is 1. The van der Waals surface area contributed by atoms with Gasteiger partial charge >= 0.3 is 0 Å². The first-order valence-electron chi connectivity index (χ1n) is 5.34. The van der Waals surface area contributed by atoms with Gasteiger partial charge in [-0.25, -0.2) is 13.8 Å². The fourth-order valence-corrected chi connectivity index (χ4v) is 1.48. The number of nitrogen functional groups attached to an aromatic ring is 1. The Morgan fingerprint density at radius 2 is 2.00 bits per heavy atom. The van der Waals surface area contributed by atoms with Crippen molar-refractivity contribution < 1.29 is 8.78 Å². The lowest BCUT2D eigenvalue weighted by Crippen LogP contribution is -2.08. The lowest BCUT2D eigenvalue weighted by atomic mass is 10.3. The Bertz CT molecular complexity index is 572. The quantitative estimate of drug-likeness (QED) is 0.877. The van der Waals surface area contributed by atoms with E-state index in [2.05, 4.69) is 15.3 Å². The Kier molecular flexibility index (Phi) is 3.36. The number of nitrogens with one attached hydrogen (secondary N) is 1. The smallest absolute Gasteiger partial charge is 0.168 e. The van der Waals surface area contributed by atoms with E-state index < -0.39 is 11.6 Å². The number of hydrogen-bond acceptors (Lipinski definition) is 4. The lowest BCUT2D eigenvalue weighted by molar-refractivity contribution is 0.579. The molecule has 2 rings (SSSR count). The summed E-state index contributed by atoms with van der Waals surface area (Å²) in [7, 11) is 0. The molecular weight excluding hydrogens is 238 g/mol. The van der Waals surface area contributed by atoms with Crippen molar-refractivity contribution in [1.29, 1.82) is 0 Å². The molecule has 0 saturated carbocycles. The molecule has 2 aromatic rings. The Balaban J connectivity index is 2.13. The van der Waals surface area contributed by atoms with E-state index in [4.69, 9.17) is 5.73 Å². The molecule has 94 valence electrons. The third kappa shape index (κ3) is 2.71. The van der Waals surface area contributed by atoms with Crippen LogP contribution >= 0.6 is 0 Å². The first-order chi connectivity index (χ1) is 8.56. The fourth-order valence-electron chi connectivity index (χ4n) is 1.48. The van der Waals surface area contributed by atoms with Gasteiger partial charge in [-0.3, -0.25) is 4.98 Å². The number of nitrogens with zero attached hydrogens (tertiary/aromatic N) is 2. The van der Waals surface area contributed by atoms with Crippen LogP contribution in [-0.4, -0.2) is 9.97 Å². The number of aromatic nitrogens is 2. The van der Waals surface area contributed by atoms with Crippen molar-refractivity contribution in [1.82, 2.24) is 9.97 Å². The molecule has 0 spiro atoms. The third-order valence-corrected chi connectivity index (χ3v) is 2.34. The maximum atomic E-state index is 13.4. The van der Waals surface area contributed by atoms with Crippen molar-refractivity contribution in [3.8, 4) is 0 Å². The highest BCUT2D eigenvalue weighted by Gasteiger charge is 2.09. The molecule has 0 unspecified atom stereocenters. The topological polar surface area (TPSA) is 63.8 Å². The molecule has 0 saturated heterocycles. The predicted molar refractivity (Wildman–Crippen MR) is 64.9 cm³/mol. The summed E-state index contributed by atoms with van der Waals surface area (Å²) >= 11 is 0. The van der Waals surface area contributed by atoms with E-state index >= 15 is 0 Å². The first-order valence-corrected chi connectivity index (χ1v) is 5.34. The molecule has 0 aliphatic heterocycles. The predicted octanol–water partition coefficient (Wildman–Crippen LogP) is 2.26. The van der Waals surface area contributed by atoms with E-state index in [1.54, 1.807) is 6.07 Å². The molecule has 0 aliphatic carbocycles. The monoisotopic (exact) mass is 250 g/mol. The van der Waals surface area contributed by atoms with E-state index in [0.29, 0.717) is 6.07 Å². The summed E-state index contributed by atoms with van der Waals surface area (Å²) < 4.78 is 26.3. The van der Waals surface area contributed by atoms with Gasteiger partial charge in [0, 0.05) is 11.8 Å². The molecule has 0 aromatic carbocycles. The minimum Gasteiger partial charge on any atom is -0.381 e. The van der Waals surface area contributed by atoms with Gasteiger partial charge in [0.05, 0.1) is 12.2 Å². The van der Waals surface area contributed by atoms with Gasteiger partial charge < -0.3 is 11.1 Å². The summed E-state index contributed by atoms with van der Waals surface area (Å²) in [6, 6.07) is 6.21. The number of anilines is 2. The first kappa shape index (κ1) is 12.2. The van der Waals surface area contributed by atoms with E-state index in [9.17, 15) is 8.78 Å². The fraction of sp³-hybridized carbons (Fsp3) is 0.167. The summed E-state index contributed by atoms with van der Waals surface area (Å²) in [4.78, 5) is 7.84. The van der Waals surface area contributed by atoms with Crippen LogP contribution < -0.4 is 11.1 Å². The van der Waals surface area contributed by atoms with Gasteiger partial charge in [0.2, 0.25) is 0 Å². The zero-order valence-electron chi connectivity index (χ0n) is 9.74. The Morgan fingerprint density at radius 1 is 1.22 bits per heavy atom.